The van der Waals surface area contributed by atoms with Crippen LogP contribution in [0.2, 0.25) is 0 Å². The molecular weight excluding hydrogens is 422 g/mol. The van der Waals surface area contributed by atoms with E-state index in [1.807, 2.05) is 35.2 Å². The number of nitrogens with zero attached hydrogens (tertiary/aromatic N) is 4. The van der Waals surface area contributed by atoms with Crippen molar-refractivity contribution in [1.29, 1.82) is 0 Å². The monoisotopic (exact) mass is 459 g/mol. The highest BCUT2D eigenvalue weighted by molar-refractivity contribution is 5.98. The predicted octanol–water partition coefficient (Wildman–Crippen LogP) is 0.282. The third kappa shape index (κ3) is 5.55. The lowest BCUT2D eigenvalue weighted by molar-refractivity contribution is -0.141. The van der Waals surface area contributed by atoms with Gasteiger partial charge in [0.1, 0.15) is 0 Å². The summed E-state index contributed by atoms with van der Waals surface area (Å²) in [6, 6.07) is 9.45. The molecule has 0 saturated carbocycles. The lowest BCUT2D eigenvalue weighted by atomic mass is 9.83. The van der Waals surface area contributed by atoms with Crippen molar-refractivity contribution in [1.82, 2.24) is 20.1 Å². The Morgan fingerprint density at radius 3 is 2.39 bits per heavy atom. The van der Waals surface area contributed by atoms with Crippen molar-refractivity contribution in [2.24, 2.45) is 11.8 Å². The summed E-state index contributed by atoms with van der Waals surface area (Å²) in [5.74, 6) is -0.291. The molecule has 1 aromatic rings. The van der Waals surface area contributed by atoms with Gasteiger partial charge in [-0.1, -0.05) is 18.2 Å². The Hall–Kier alpha value is -2.04. The highest BCUT2D eigenvalue weighted by atomic mass is 16.5. The number of para-hydroxylation sites is 1. The number of piperidine rings is 1. The van der Waals surface area contributed by atoms with Crippen LogP contribution in [-0.2, 0) is 19.1 Å². The molecule has 3 atom stereocenters. The second kappa shape index (κ2) is 11.4. The van der Waals surface area contributed by atoms with Crippen LogP contribution in [0.3, 0.4) is 0 Å². The molecule has 9 heteroatoms. The van der Waals surface area contributed by atoms with Gasteiger partial charge in [-0.05, 0) is 18.6 Å². The molecule has 3 aliphatic heterocycles. The Balaban J connectivity index is 1.47. The molecule has 2 amide bonds. The molecule has 0 radical (unpaired) electrons. The molecule has 3 heterocycles. The van der Waals surface area contributed by atoms with Crippen LogP contribution in [-0.4, -0.2) is 112 Å². The van der Waals surface area contributed by atoms with Gasteiger partial charge in [-0.2, -0.15) is 0 Å². The van der Waals surface area contributed by atoms with Crippen molar-refractivity contribution < 1.29 is 19.1 Å². The highest BCUT2D eigenvalue weighted by Gasteiger charge is 2.51. The van der Waals surface area contributed by atoms with E-state index in [1.165, 1.54) is 0 Å². The minimum absolute atomic E-state index is 0.0461. The Morgan fingerprint density at radius 1 is 0.970 bits per heavy atom. The molecule has 182 valence electrons. The van der Waals surface area contributed by atoms with Crippen molar-refractivity contribution in [3.63, 3.8) is 0 Å². The molecular formula is C24H37N5O4. The molecule has 0 aliphatic carbocycles. The maximum absolute atomic E-state index is 13.7. The first-order valence-corrected chi connectivity index (χ1v) is 12.0. The molecule has 3 fully saturated rings. The Kier molecular flexibility index (Phi) is 8.32. The number of fused-ring (bicyclic) bond motifs is 1. The Morgan fingerprint density at radius 2 is 1.70 bits per heavy atom. The average molecular weight is 460 g/mol. The molecule has 9 nitrogen and oxygen atoms in total. The Bertz CT molecular complexity index is 786. The zero-order valence-corrected chi connectivity index (χ0v) is 19.8. The van der Waals surface area contributed by atoms with Gasteiger partial charge in [0.25, 0.3) is 0 Å². The van der Waals surface area contributed by atoms with Crippen LogP contribution in [0, 0.1) is 11.8 Å². The SMILES string of the molecule is COCCCN1CC(C(=O)N2CCN(CCOC)CC2)C2NN(c3ccccc3)C(=O)C2C1. The van der Waals surface area contributed by atoms with E-state index in [0.717, 1.165) is 51.4 Å². The number of benzene rings is 1. The van der Waals surface area contributed by atoms with Crippen molar-refractivity contribution in [2.75, 3.05) is 84.8 Å². The van der Waals surface area contributed by atoms with Crippen LogP contribution in [0.25, 0.3) is 0 Å². The van der Waals surface area contributed by atoms with Gasteiger partial charge >= 0.3 is 0 Å². The topological polar surface area (TPSA) is 77.6 Å². The van der Waals surface area contributed by atoms with Crippen LogP contribution in [0.1, 0.15) is 6.42 Å². The first-order valence-electron chi connectivity index (χ1n) is 12.0. The van der Waals surface area contributed by atoms with Gasteiger partial charge in [-0.25, -0.2) is 10.4 Å². The highest BCUT2D eigenvalue weighted by Crippen LogP contribution is 2.33. The summed E-state index contributed by atoms with van der Waals surface area (Å²) >= 11 is 0. The zero-order valence-electron chi connectivity index (χ0n) is 19.8. The van der Waals surface area contributed by atoms with E-state index in [9.17, 15) is 9.59 Å². The van der Waals surface area contributed by atoms with E-state index in [2.05, 4.69) is 15.2 Å². The lowest BCUT2D eigenvalue weighted by Gasteiger charge is -2.42. The van der Waals surface area contributed by atoms with Crippen LogP contribution in [0.5, 0.6) is 0 Å². The van der Waals surface area contributed by atoms with E-state index in [0.29, 0.717) is 26.3 Å². The number of carbonyl (C=O) groups excluding carboxylic acids is 2. The average Bonchev–Trinajstić information content (AvgIpc) is 3.19. The third-order valence-electron chi connectivity index (χ3n) is 7.04. The predicted molar refractivity (Wildman–Crippen MR) is 126 cm³/mol. The van der Waals surface area contributed by atoms with Crippen molar-refractivity contribution in [3.05, 3.63) is 30.3 Å². The summed E-state index contributed by atoms with van der Waals surface area (Å²) < 4.78 is 10.4. The second-order valence-corrected chi connectivity index (χ2v) is 9.14. The molecule has 3 aliphatic rings. The number of hydrogen-bond acceptors (Lipinski definition) is 7. The minimum Gasteiger partial charge on any atom is -0.385 e. The maximum Gasteiger partial charge on any atom is 0.247 e. The fourth-order valence-corrected chi connectivity index (χ4v) is 5.20. The quantitative estimate of drug-likeness (QED) is 0.532. The number of piperazine rings is 1. The summed E-state index contributed by atoms with van der Waals surface area (Å²) in [5, 5.41) is 1.65. The standard InChI is InChI=1S/C24H37N5O4/c1-32-15-6-9-27-17-20(23(30)28-12-10-26(11-13-28)14-16-33-2)22-21(18-27)24(31)29(25-22)19-7-4-3-5-8-19/h3-5,7-8,20-22,25H,6,9-18H2,1-2H3. The fraction of sp³-hybridized carbons (Fsp3) is 0.667. The lowest BCUT2D eigenvalue weighted by Crippen LogP contribution is -2.60. The molecule has 4 rings (SSSR count). The number of likely N-dealkylation sites (tertiary alicyclic amines) is 1. The summed E-state index contributed by atoms with van der Waals surface area (Å²) in [6.07, 6.45) is 0.886. The Labute approximate surface area is 196 Å². The van der Waals surface area contributed by atoms with Gasteiger partial charge in [-0.15, -0.1) is 0 Å². The number of nitrogens with one attached hydrogen (secondary N) is 1. The molecule has 1 aromatic carbocycles. The molecule has 1 N–H and O–H groups in total. The van der Waals surface area contributed by atoms with Crippen molar-refractivity contribution in [2.45, 2.75) is 12.5 Å². The zero-order chi connectivity index (χ0) is 23.2. The molecule has 33 heavy (non-hydrogen) atoms. The van der Waals surface area contributed by atoms with E-state index < -0.39 is 0 Å². The number of ether oxygens (including phenoxy) is 2. The third-order valence-corrected chi connectivity index (χ3v) is 7.04. The second-order valence-electron chi connectivity index (χ2n) is 9.14. The molecule has 0 spiro atoms. The van der Waals surface area contributed by atoms with Gasteiger partial charge in [0.2, 0.25) is 11.8 Å². The van der Waals surface area contributed by atoms with E-state index in [-0.39, 0.29) is 29.7 Å². The minimum atomic E-state index is -0.255. The summed E-state index contributed by atoms with van der Waals surface area (Å²) in [5.41, 5.74) is 4.23. The number of methoxy groups -OCH3 is 2. The van der Waals surface area contributed by atoms with E-state index in [4.69, 9.17) is 9.47 Å². The van der Waals surface area contributed by atoms with Crippen LogP contribution < -0.4 is 10.4 Å². The molecule has 3 unspecified atom stereocenters. The molecule has 3 saturated heterocycles. The number of hydrazine groups is 1. The normalized spacial score (nSPS) is 26.6. The smallest absolute Gasteiger partial charge is 0.247 e. The maximum atomic E-state index is 13.7. The number of rotatable bonds is 9. The fourth-order valence-electron chi connectivity index (χ4n) is 5.20. The molecule has 0 bridgehead atoms. The number of anilines is 1. The summed E-state index contributed by atoms with van der Waals surface area (Å²) in [7, 11) is 3.42. The first kappa shape index (κ1) is 24.1. The van der Waals surface area contributed by atoms with E-state index in [1.54, 1.807) is 19.2 Å². The molecule has 0 aromatic heterocycles. The number of amides is 2. The van der Waals surface area contributed by atoms with Gasteiger partial charge in [-0.3, -0.25) is 14.5 Å². The van der Waals surface area contributed by atoms with Gasteiger partial charge < -0.3 is 19.3 Å². The van der Waals surface area contributed by atoms with Crippen molar-refractivity contribution >= 4 is 17.5 Å². The van der Waals surface area contributed by atoms with Gasteiger partial charge in [0.15, 0.2) is 0 Å². The first-order chi connectivity index (χ1) is 16.1. The largest absolute Gasteiger partial charge is 0.385 e. The summed E-state index contributed by atoms with van der Waals surface area (Å²) in [6.45, 7) is 7.58. The summed E-state index contributed by atoms with van der Waals surface area (Å²) in [4.78, 5) is 33.7. The number of carbonyl (C=O) groups is 2. The van der Waals surface area contributed by atoms with Crippen molar-refractivity contribution in [3.8, 4) is 0 Å². The van der Waals surface area contributed by atoms with Crippen LogP contribution >= 0.6 is 0 Å². The van der Waals surface area contributed by atoms with Crippen LogP contribution in [0.4, 0.5) is 5.69 Å². The van der Waals surface area contributed by atoms with Gasteiger partial charge in [0.05, 0.1) is 30.2 Å². The van der Waals surface area contributed by atoms with E-state index >= 15 is 0 Å². The van der Waals surface area contributed by atoms with Crippen LogP contribution in [0.15, 0.2) is 30.3 Å². The van der Waals surface area contributed by atoms with Gasteiger partial charge in [0, 0.05) is 73.2 Å². The number of hydrogen-bond donors (Lipinski definition) is 1.